The van der Waals surface area contributed by atoms with E-state index in [9.17, 15) is 0 Å². The number of oxazole rings is 1. The Morgan fingerprint density at radius 2 is 0.911 bits per heavy atom. The quantitative estimate of drug-likeness (QED) is 0.161. The maximum absolute atomic E-state index is 6.66. The van der Waals surface area contributed by atoms with Gasteiger partial charge in [0.05, 0.1) is 11.4 Å². The van der Waals surface area contributed by atoms with E-state index in [1.807, 2.05) is 30.3 Å². The molecule has 0 aliphatic carbocycles. The molecule has 0 radical (unpaired) electrons. The molecule has 0 bridgehead atoms. The minimum Gasteiger partial charge on any atom is -0.435 e. The Kier molecular flexibility index (Phi) is 7.49. The second-order valence-corrected chi connectivity index (χ2v) is 14.3. The normalized spacial score (nSPS) is 11.6. The van der Waals surface area contributed by atoms with Crippen molar-refractivity contribution in [2.24, 2.45) is 0 Å². The largest absolute Gasteiger partial charge is 0.435 e. The van der Waals surface area contributed by atoms with Crippen molar-refractivity contribution in [1.29, 1.82) is 0 Å². The first-order valence-electron chi connectivity index (χ1n) is 19.0. The third-order valence-electron chi connectivity index (χ3n) is 11.1. The molecule has 11 rings (SSSR count). The highest BCUT2D eigenvalue weighted by atomic mass is 16.3. The average Bonchev–Trinajstić information content (AvgIpc) is 3.72. The molecule has 1 aromatic heterocycles. The number of nitrogens with zero attached hydrogens (tertiary/aromatic N) is 2. The molecule has 0 saturated heterocycles. The summed E-state index contributed by atoms with van der Waals surface area (Å²) in [5, 5.41) is 9.21. The van der Waals surface area contributed by atoms with Gasteiger partial charge in [-0.25, -0.2) is 4.98 Å². The van der Waals surface area contributed by atoms with Crippen LogP contribution >= 0.6 is 0 Å². The molecule has 56 heavy (non-hydrogen) atoms. The molecule has 1 heterocycles. The van der Waals surface area contributed by atoms with Crippen LogP contribution in [0.1, 0.15) is 0 Å². The Bertz CT molecular complexity index is 3230. The molecule has 0 unspecified atom stereocenters. The van der Waals surface area contributed by atoms with Crippen molar-refractivity contribution in [3.05, 3.63) is 206 Å². The monoisotopic (exact) mass is 714 g/mol. The molecule has 3 heteroatoms. The summed E-state index contributed by atoms with van der Waals surface area (Å²) >= 11 is 0. The molecule has 10 aromatic carbocycles. The summed E-state index contributed by atoms with van der Waals surface area (Å²) in [5.74, 6) is 0.627. The van der Waals surface area contributed by atoms with E-state index in [1.165, 1.54) is 33.0 Å². The van der Waals surface area contributed by atoms with E-state index in [0.717, 1.165) is 66.0 Å². The minimum absolute atomic E-state index is 0.627. The molecule has 262 valence electrons. The van der Waals surface area contributed by atoms with Crippen LogP contribution in [-0.2, 0) is 0 Å². The van der Waals surface area contributed by atoms with Crippen molar-refractivity contribution in [3.63, 3.8) is 0 Å². The van der Waals surface area contributed by atoms with Crippen LogP contribution in [-0.4, -0.2) is 4.98 Å². The molecule has 0 atom stereocenters. The van der Waals surface area contributed by atoms with E-state index < -0.39 is 0 Å². The fourth-order valence-electron chi connectivity index (χ4n) is 8.45. The van der Waals surface area contributed by atoms with Gasteiger partial charge in [-0.05, 0) is 86.3 Å². The van der Waals surface area contributed by atoms with Crippen LogP contribution in [0, 0.1) is 0 Å². The van der Waals surface area contributed by atoms with Crippen molar-refractivity contribution >= 4 is 71.3 Å². The molecule has 0 N–H and O–H groups in total. The first-order valence-corrected chi connectivity index (χ1v) is 19.0. The van der Waals surface area contributed by atoms with Gasteiger partial charge in [0.15, 0.2) is 5.58 Å². The highest BCUT2D eigenvalue weighted by Gasteiger charge is 2.21. The van der Waals surface area contributed by atoms with Gasteiger partial charge in [-0.2, -0.15) is 0 Å². The van der Waals surface area contributed by atoms with Crippen molar-refractivity contribution in [2.75, 3.05) is 4.90 Å². The van der Waals surface area contributed by atoms with E-state index in [2.05, 4.69) is 181 Å². The Hall–Kier alpha value is -7.49. The van der Waals surface area contributed by atoms with Crippen LogP contribution in [0.2, 0.25) is 0 Å². The van der Waals surface area contributed by atoms with Crippen molar-refractivity contribution < 1.29 is 4.42 Å². The Labute approximate surface area is 324 Å². The Morgan fingerprint density at radius 3 is 1.66 bits per heavy atom. The molecular formula is C53H34N2O. The number of benzene rings is 10. The zero-order chi connectivity index (χ0) is 37.0. The number of aromatic nitrogens is 1. The first kappa shape index (κ1) is 32.0. The number of hydrogen-bond donors (Lipinski definition) is 0. The van der Waals surface area contributed by atoms with Gasteiger partial charge < -0.3 is 9.32 Å². The van der Waals surface area contributed by atoms with Crippen molar-refractivity contribution in [1.82, 2.24) is 4.98 Å². The van der Waals surface area contributed by atoms with E-state index in [4.69, 9.17) is 9.40 Å². The van der Waals surface area contributed by atoms with Crippen LogP contribution in [0.15, 0.2) is 211 Å². The maximum Gasteiger partial charge on any atom is 0.227 e. The van der Waals surface area contributed by atoms with Gasteiger partial charge in [0.25, 0.3) is 0 Å². The van der Waals surface area contributed by atoms with Crippen LogP contribution in [0.4, 0.5) is 17.1 Å². The fraction of sp³-hybridized carbons (Fsp3) is 0. The number of anilines is 3. The average molecular weight is 715 g/mol. The summed E-state index contributed by atoms with van der Waals surface area (Å²) < 4.78 is 6.66. The van der Waals surface area contributed by atoms with Gasteiger partial charge >= 0.3 is 0 Å². The molecular weight excluding hydrogens is 681 g/mol. The van der Waals surface area contributed by atoms with Crippen LogP contribution in [0.3, 0.4) is 0 Å². The molecule has 0 saturated carbocycles. The van der Waals surface area contributed by atoms with E-state index in [-0.39, 0.29) is 0 Å². The van der Waals surface area contributed by atoms with Gasteiger partial charge in [0, 0.05) is 32.8 Å². The Morgan fingerprint density at radius 1 is 0.357 bits per heavy atom. The number of hydrogen-bond acceptors (Lipinski definition) is 3. The summed E-state index contributed by atoms with van der Waals surface area (Å²) in [4.78, 5) is 7.39. The predicted molar refractivity (Wildman–Crippen MR) is 235 cm³/mol. The number of fused-ring (bicyclic) bond motifs is 8. The van der Waals surface area contributed by atoms with Crippen molar-refractivity contribution in [2.45, 2.75) is 0 Å². The lowest BCUT2D eigenvalue weighted by Gasteiger charge is -2.29. The second-order valence-electron chi connectivity index (χ2n) is 14.3. The summed E-state index contributed by atoms with van der Waals surface area (Å²) in [5.41, 5.74) is 10.7. The highest BCUT2D eigenvalue weighted by Crippen LogP contribution is 2.46. The van der Waals surface area contributed by atoms with Crippen LogP contribution in [0.5, 0.6) is 0 Å². The van der Waals surface area contributed by atoms with Gasteiger partial charge in [-0.15, -0.1) is 0 Å². The first-order chi connectivity index (χ1) is 27.8. The summed E-state index contributed by atoms with van der Waals surface area (Å²) in [6, 6.07) is 73.6. The molecule has 0 aliphatic rings. The second kappa shape index (κ2) is 13.1. The van der Waals surface area contributed by atoms with Gasteiger partial charge in [-0.3, -0.25) is 0 Å². The molecule has 0 spiro atoms. The van der Waals surface area contributed by atoms with Crippen LogP contribution < -0.4 is 4.90 Å². The maximum atomic E-state index is 6.66. The number of rotatable bonds is 6. The zero-order valence-electron chi connectivity index (χ0n) is 30.4. The van der Waals surface area contributed by atoms with Crippen LogP contribution in [0.25, 0.3) is 87.9 Å². The topological polar surface area (TPSA) is 29.3 Å². The van der Waals surface area contributed by atoms with Gasteiger partial charge in [0.2, 0.25) is 5.89 Å². The molecule has 0 amide bonds. The predicted octanol–water partition coefficient (Wildman–Crippen LogP) is 14.9. The lowest BCUT2D eigenvalue weighted by atomic mass is 9.94. The Balaban J connectivity index is 1.18. The molecule has 0 aliphatic heterocycles. The smallest absolute Gasteiger partial charge is 0.227 e. The molecule has 3 nitrogen and oxygen atoms in total. The van der Waals surface area contributed by atoms with E-state index in [0.29, 0.717) is 5.89 Å². The lowest BCUT2D eigenvalue weighted by Crippen LogP contribution is -2.11. The van der Waals surface area contributed by atoms with Gasteiger partial charge in [-0.1, -0.05) is 164 Å². The third-order valence-corrected chi connectivity index (χ3v) is 11.1. The lowest BCUT2D eigenvalue weighted by molar-refractivity contribution is 0.623. The van der Waals surface area contributed by atoms with Gasteiger partial charge in [0.1, 0.15) is 5.52 Å². The fourth-order valence-corrected chi connectivity index (χ4v) is 8.45. The highest BCUT2D eigenvalue weighted by molar-refractivity contribution is 6.27. The summed E-state index contributed by atoms with van der Waals surface area (Å²) in [6.07, 6.45) is 0. The standard InChI is InChI=1S/C53H34N2O/c1-4-13-35(14-5-1)36-25-29-41(30-26-36)55(49-34-32-42(37-15-6-2-7-16-37)43-19-10-11-20-44(43)49)48-22-12-21-46-45(48)31-27-38-23-24-39-28-33-47-52(51(39)50(38)46)56-53(54-47)40-17-8-3-9-18-40/h1-34H. The minimum atomic E-state index is 0.627. The zero-order valence-corrected chi connectivity index (χ0v) is 30.4. The summed E-state index contributed by atoms with van der Waals surface area (Å²) in [6.45, 7) is 0. The van der Waals surface area contributed by atoms with E-state index in [1.54, 1.807) is 0 Å². The SMILES string of the molecule is c1ccc(-c2ccc(N(c3ccc(-c4ccccc4)c4ccccc34)c3cccc4c3ccc3ccc5ccc6nc(-c7ccccc7)oc6c5c34)cc2)cc1. The molecule has 0 fully saturated rings. The van der Waals surface area contributed by atoms with E-state index >= 15 is 0 Å². The summed E-state index contributed by atoms with van der Waals surface area (Å²) in [7, 11) is 0. The third kappa shape index (κ3) is 5.25. The molecule has 11 aromatic rings. The van der Waals surface area contributed by atoms with Crippen molar-refractivity contribution in [3.8, 4) is 33.7 Å².